The van der Waals surface area contributed by atoms with Crippen molar-refractivity contribution in [1.82, 2.24) is 10.6 Å². The van der Waals surface area contributed by atoms with Crippen molar-refractivity contribution in [2.45, 2.75) is 50.4 Å². The van der Waals surface area contributed by atoms with Gasteiger partial charge >= 0.3 is 0 Å². The summed E-state index contributed by atoms with van der Waals surface area (Å²) in [6.45, 7) is 2.71. The van der Waals surface area contributed by atoms with E-state index >= 15 is 0 Å². The van der Waals surface area contributed by atoms with Gasteiger partial charge < -0.3 is 15.4 Å². The summed E-state index contributed by atoms with van der Waals surface area (Å²) in [4.78, 5) is 4.31. The zero-order chi connectivity index (χ0) is 17.4. The van der Waals surface area contributed by atoms with Gasteiger partial charge in [-0.3, -0.25) is 9.20 Å². The van der Waals surface area contributed by atoms with Crippen LogP contribution in [0.15, 0.2) is 29.3 Å². The number of nitrogens with zero attached hydrogens (tertiary/aromatic N) is 1. The Labute approximate surface area is 147 Å². The van der Waals surface area contributed by atoms with E-state index in [0.29, 0.717) is 17.8 Å². The first-order valence-electron chi connectivity index (χ1n) is 8.63. The van der Waals surface area contributed by atoms with Gasteiger partial charge in [0.1, 0.15) is 5.75 Å². The standard InChI is InChI=1S/C18H29N3O2S/c1-4-24(22)17-7-5-6-15(12-17)21-18(19-2)20-13-14-8-10-16(23-3)11-9-14/h8-11,15,17H,4-7,12-13H2,1-3H3,(H2,19,20,21). The van der Waals surface area contributed by atoms with Gasteiger partial charge in [0.2, 0.25) is 0 Å². The summed E-state index contributed by atoms with van der Waals surface area (Å²) in [7, 11) is 2.75. The van der Waals surface area contributed by atoms with Crippen molar-refractivity contribution < 1.29 is 8.95 Å². The molecule has 1 saturated carbocycles. The molecule has 0 heterocycles. The molecule has 0 amide bonds. The van der Waals surface area contributed by atoms with Crippen molar-refractivity contribution in [3.05, 3.63) is 29.8 Å². The first kappa shape index (κ1) is 18.8. The highest BCUT2D eigenvalue weighted by molar-refractivity contribution is 7.85. The second-order valence-electron chi connectivity index (χ2n) is 6.07. The van der Waals surface area contributed by atoms with Crippen LogP contribution in [-0.4, -0.2) is 41.4 Å². The highest BCUT2D eigenvalue weighted by Crippen LogP contribution is 2.23. The molecule has 0 radical (unpaired) electrons. The van der Waals surface area contributed by atoms with E-state index in [-0.39, 0.29) is 0 Å². The Bertz CT molecular complexity index is 560. The summed E-state index contributed by atoms with van der Waals surface area (Å²) in [5, 5.41) is 7.16. The molecule has 0 bridgehead atoms. The molecule has 134 valence electrons. The molecular weight excluding hydrogens is 322 g/mol. The van der Waals surface area contributed by atoms with E-state index in [1.807, 2.05) is 31.2 Å². The maximum Gasteiger partial charge on any atom is 0.191 e. The lowest BCUT2D eigenvalue weighted by Gasteiger charge is -2.30. The lowest BCUT2D eigenvalue weighted by Crippen LogP contribution is -2.46. The van der Waals surface area contributed by atoms with Gasteiger partial charge in [-0.05, 0) is 37.0 Å². The van der Waals surface area contributed by atoms with Crippen molar-refractivity contribution in [3.63, 3.8) is 0 Å². The number of benzene rings is 1. The lowest BCUT2D eigenvalue weighted by molar-refractivity contribution is 0.413. The Hall–Kier alpha value is -1.56. The van der Waals surface area contributed by atoms with Crippen LogP contribution >= 0.6 is 0 Å². The topological polar surface area (TPSA) is 62.7 Å². The van der Waals surface area contributed by atoms with Gasteiger partial charge in [-0.1, -0.05) is 25.5 Å². The first-order chi connectivity index (χ1) is 11.7. The van der Waals surface area contributed by atoms with Crippen LogP contribution in [0.1, 0.15) is 38.2 Å². The van der Waals surface area contributed by atoms with Crippen molar-refractivity contribution in [1.29, 1.82) is 0 Å². The van der Waals surface area contributed by atoms with Crippen molar-refractivity contribution in [2.24, 2.45) is 4.99 Å². The highest BCUT2D eigenvalue weighted by atomic mass is 32.2. The number of nitrogens with one attached hydrogen (secondary N) is 2. The van der Waals surface area contributed by atoms with Crippen molar-refractivity contribution in [3.8, 4) is 5.75 Å². The summed E-state index contributed by atoms with van der Waals surface area (Å²) in [5.41, 5.74) is 1.17. The first-order valence-corrected chi connectivity index (χ1v) is 10.0. The van der Waals surface area contributed by atoms with Gasteiger partial charge in [0.05, 0.1) is 7.11 Å². The van der Waals surface area contributed by atoms with Gasteiger partial charge in [0, 0.05) is 41.4 Å². The van der Waals surface area contributed by atoms with Crippen molar-refractivity contribution in [2.75, 3.05) is 19.9 Å². The molecule has 2 N–H and O–H groups in total. The number of ether oxygens (including phenoxy) is 1. The third kappa shape index (κ3) is 5.51. The molecule has 1 aliphatic carbocycles. The smallest absolute Gasteiger partial charge is 0.191 e. The van der Waals surface area contributed by atoms with E-state index in [9.17, 15) is 4.21 Å². The summed E-state index contributed by atoms with van der Waals surface area (Å²) in [6, 6.07) is 8.35. The van der Waals surface area contributed by atoms with Crippen LogP contribution in [0.4, 0.5) is 0 Å². The Morgan fingerprint density at radius 3 is 2.71 bits per heavy atom. The van der Waals surface area contributed by atoms with Gasteiger partial charge in [-0.15, -0.1) is 0 Å². The van der Waals surface area contributed by atoms with Gasteiger partial charge in [-0.2, -0.15) is 0 Å². The molecule has 1 fully saturated rings. The highest BCUT2D eigenvalue weighted by Gasteiger charge is 2.25. The summed E-state index contributed by atoms with van der Waals surface area (Å²) in [5.74, 6) is 2.42. The molecule has 6 heteroatoms. The molecule has 5 nitrogen and oxygen atoms in total. The third-order valence-electron chi connectivity index (χ3n) is 4.47. The number of rotatable bonds is 6. The Balaban J connectivity index is 1.84. The average Bonchev–Trinajstić information content (AvgIpc) is 2.65. The Kier molecular flexibility index (Phi) is 7.56. The maximum absolute atomic E-state index is 12.1. The number of aliphatic imine (C=N–C) groups is 1. The monoisotopic (exact) mass is 351 g/mol. The molecular formula is C18H29N3O2S. The van der Waals surface area contributed by atoms with Gasteiger partial charge in [0.25, 0.3) is 0 Å². The van der Waals surface area contributed by atoms with E-state index < -0.39 is 10.8 Å². The summed E-state index contributed by atoms with van der Waals surface area (Å²) >= 11 is 0. The molecule has 1 aliphatic rings. The predicted octanol–water partition coefficient (Wildman–Crippen LogP) is 2.44. The minimum Gasteiger partial charge on any atom is -0.497 e. The van der Waals surface area contributed by atoms with Crippen molar-refractivity contribution >= 4 is 16.8 Å². The van der Waals surface area contributed by atoms with E-state index in [1.165, 1.54) is 5.56 Å². The SMILES string of the molecule is CCS(=O)C1CCCC(NC(=NC)NCc2ccc(OC)cc2)C1. The molecule has 0 aromatic heterocycles. The summed E-state index contributed by atoms with van der Waals surface area (Å²) < 4.78 is 17.2. The van der Waals surface area contributed by atoms with Crippen LogP contribution in [0.25, 0.3) is 0 Å². The number of methoxy groups -OCH3 is 1. The van der Waals surface area contributed by atoms with Crippen LogP contribution < -0.4 is 15.4 Å². The largest absolute Gasteiger partial charge is 0.497 e. The molecule has 3 unspecified atom stereocenters. The normalized spacial score (nSPS) is 22.7. The Morgan fingerprint density at radius 2 is 2.08 bits per heavy atom. The predicted molar refractivity (Wildman–Crippen MR) is 101 cm³/mol. The molecule has 0 saturated heterocycles. The summed E-state index contributed by atoms with van der Waals surface area (Å²) in [6.07, 6.45) is 4.28. The van der Waals surface area contributed by atoms with Gasteiger partial charge in [0.15, 0.2) is 5.96 Å². The van der Waals surface area contributed by atoms with E-state index in [0.717, 1.165) is 43.1 Å². The van der Waals surface area contributed by atoms with E-state index in [4.69, 9.17) is 4.74 Å². The van der Waals surface area contributed by atoms with Crippen LogP contribution in [0.2, 0.25) is 0 Å². The second kappa shape index (κ2) is 9.67. The average molecular weight is 352 g/mol. The third-order valence-corrected chi connectivity index (χ3v) is 6.21. The number of hydrogen-bond donors (Lipinski definition) is 2. The molecule has 0 aliphatic heterocycles. The molecule has 24 heavy (non-hydrogen) atoms. The molecule has 1 aromatic rings. The lowest BCUT2D eigenvalue weighted by atomic mass is 9.95. The second-order valence-corrected chi connectivity index (χ2v) is 8.08. The van der Waals surface area contributed by atoms with Crippen LogP contribution in [-0.2, 0) is 17.3 Å². The van der Waals surface area contributed by atoms with Gasteiger partial charge in [-0.25, -0.2) is 0 Å². The minimum atomic E-state index is -0.700. The van der Waals surface area contributed by atoms with Crippen LogP contribution in [0, 0.1) is 0 Å². The van der Waals surface area contributed by atoms with E-state index in [1.54, 1.807) is 14.2 Å². The number of hydrogen-bond acceptors (Lipinski definition) is 3. The zero-order valence-electron chi connectivity index (χ0n) is 14.9. The minimum absolute atomic E-state index is 0.320. The van der Waals surface area contributed by atoms with Crippen LogP contribution in [0.5, 0.6) is 5.75 Å². The molecule has 1 aromatic carbocycles. The molecule has 3 atom stereocenters. The van der Waals surface area contributed by atoms with E-state index in [2.05, 4.69) is 15.6 Å². The quantitative estimate of drug-likeness (QED) is 0.610. The molecule has 0 spiro atoms. The fraction of sp³-hybridized carbons (Fsp3) is 0.611. The number of guanidine groups is 1. The fourth-order valence-electron chi connectivity index (χ4n) is 3.07. The Morgan fingerprint density at radius 1 is 1.33 bits per heavy atom. The fourth-order valence-corrected chi connectivity index (χ4v) is 4.42. The maximum atomic E-state index is 12.1. The van der Waals surface area contributed by atoms with Crippen LogP contribution in [0.3, 0.4) is 0 Å². The molecule has 2 rings (SSSR count). The zero-order valence-corrected chi connectivity index (χ0v) is 15.7.